The van der Waals surface area contributed by atoms with Crippen molar-refractivity contribution >= 4 is 17.7 Å². The van der Waals surface area contributed by atoms with Gasteiger partial charge in [0.1, 0.15) is 0 Å². The van der Waals surface area contributed by atoms with Gasteiger partial charge in [-0.1, -0.05) is 27.7 Å². The molecule has 20 heavy (non-hydrogen) atoms. The summed E-state index contributed by atoms with van der Waals surface area (Å²) < 4.78 is 0. The fourth-order valence-electron chi connectivity index (χ4n) is 2.14. The Kier molecular flexibility index (Phi) is 11.3. The Balaban J connectivity index is 4.49. The van der Waals surface area contributed by atoms with Gasteiger partial charge in [-0.05, 0) is 37.4 Å². The third-order valence-electron chi connectivity index (χ3n) is 3.43. The molecule has 0 heterocycles. The Morgan fingerprint density at radius 3 is 2.25 bits per heavy atom. The Morgan fingerprint density at radius 2 is 1.80 bits per heavy atom. The van der Waals surface area contributed by atoms with E-state index in [0.717, 1.165) is 44.9 Å². The maximum absolute atomic E-state index is 12.4. The third-order valence-corrected chi connectivity index (χ3v) is 4.07. The predicted octanol–water partition coefficient (Wildman–Crippen LogP) is 1.89. The van der Waals surface area contributed by atoms with Crippen LogP contribution >= 0.6 is 11.8 Å². The van der Waals surface area contributed by atoms with E-state index >= 15 is 0 Å². The summed E-state index contributed by atoms with van der Waals surface area (Å²) in [5.74, 6) is 1.53. The quantitative estimate of drug-likeness (QED) is 0.633. The van der Waals surface area contributed by atoms with Crippen LogP contribution in [0.1, 0.15) is 34.1 Å². The van der Waals surface area contributed by atoms with Gasteiger partial charge < -0.3 is 15.5 Å². The molecule has 0 aliphatic carbocycles. The van der Waals surface area contributed by atoms with Crippen molar-refractivity contribution in [2.24, 2.45) is 11.7 Å². The Bertz CT molecular complexity index is 258. The maximum atomic E-state index is 12.4. The highest BCUT2D eigenvalue weighted by molar-refractivity contribution is 7.98. The largest absolute Gasteiger partial charge is 0.340 e. The second kappa shape index (κ2) is 11.4. The molecule has 0 aromatic carbocycles. The van der Waals surface area contributed by atoms with Crippen LogP contribution in [0.15, 0.2) is 0 Å². The monoisotopic (exact) mass is 303 g/mol. The van der Waals surface area contributed by atoms with E-state index in [2.05, 4.69) is 32.6 Å². The van der Waals surface area contributed by atoms with E-state index in [4.69, 9.17) is 5.73 Å². The molecule has 0 aliphatic rings. The first-order valence-corrected chi connectivity index (χ1v) is 9.11. The number of likely N-dealkylation sites (N-methyl/N-ethyl adjacent to an activating group) is 1. The molecule has 0 rings (SSSR count). The summed E-state index contributed by atoms with van der Waals surface area (Å²) in [6.07, 6.45) is 2.81. The number of thioether (sulfide) groups is 1. The number of carbonyl (C=O) groups is 1. The molecule has 0 fully saturated rings. The molecule has 0 aromatic rings. The van der Waals surface area contributed by atoms with Crippen LogP contribution in [-0.4, -0.2) is 66.5 Å². The molecular weight excluding hydrogens is 270 g/mol. The first-order valence-electron chi connectivity index (χ1n) is 7.71. The van der Waals surface area contributed by atoms with Gasteiger partial charge in [0.15, 0.2) is 0 Å². The zero-order valence-electron chi connectivity index (χ0n) is 13.9. The van der Waals surface area contributed by atoms with E-state index in [1.165, 1.54) is 0 Å². The molecule has 0 saturated carbocycles. The molecule has 5 heteroatoms. The number of nitrogens with two attached hydrogens (primary N) is 1. The smallest absolute Gasteiger partial charge is 0.239 e. The highest BCUT2D eigenvalue weighted by Crippen LogP contribution is 2.06. The molecule has 0 radical (unpaired) electrons. The summed E-state index contributed by atoms with van der Waals surface area (Å²) in [5, 5.41) is 0. The normalized spacial score (nSPS) is 13.0. The molecule has 0 aliphatic heterocycles. The second-order valence-electron chi connectivity index (χ2n) is 5.59. The van der Waals surface area contributed by atoms with Gasteiger partial charge >= 0.3 is 0 Å². The second-order valence-corrected chi connectivity index (χ2v) is 6.58. The summed E-state index contributed by atoms with van der Waals surface area (Å²) in [4.78, 5) is 16.7. The molecule has 0 saturated heterocycles. The van der Waals surface area contributed by atoms with Gasteiger partial charge in [-0.15, -0.1) is 0 Å². The SMILES string of the molecule is CCN(CC)CCN(CC(C)C)C(=O)[C@H](N)CCSC. The molecule has 0 aromatic heterocycles. The minimum Gasteiger partial charge on any atom is -0.340 e. The van der Waals surface area contributed by atoms with E-state index < -0.39 is 0 Å². The van der Waals surface area contributed by atoms with Crippen LogP contribution in [0, 0.1) is 5.92 Å². The van der Waals surface area contributed by atoms with Crippen molar-refractivity contribution in [1.29, 1.82) is 0 Å². The molecule has 4 nitrogen and oxygen atoms in total. The van der Waals surface area contributed by atoms with Gasteiger partial charge in [-0.3, -0.25) is 4.79 Å². The lowest BCUT2D eigenvalue weighted by molar-refractivity contribution is -0.133. The minimum absolute atomic E-state index is 0.111. The van der Waals surface area contributed by atoms with Crippen molar-refractivity contribution in [2.75, 3.05) is 44.7 Å². The topological polar surface area (TPSA) is 49.6 Å². The van der Waals surface area contributed by atoms with Crippen LogP contribution < -0.4 is 5.73 Å². The number of hydrogen-bond donors (Lipinski definition) is 1. The van der Waals surface area contributed by atoms with Crippen LogP contribution in [-0.2, 0) is 4.79 Å². The predicted molar refractivity (Wildman–Crippen MR) is 90.2 cm³/mol. The zero-order chi connectivity index (χ0) is 15.5. The van der Waals surface area contributed by atoms with Gasteiger partial charge in [0.25, 0.3) is 0 Å². The standard InChI is InChI=1S/C15H33N3OS/c1-6-17(7-2)9-10-18(12-13(3)4)15(19)14(16)8-11-20-5/h13-14H,6-12,16H2,1-5H3/t14-/m1/s1. The Hall–Kier alpha value is -0.260. The lowest BCUT2D eigenvalue weighted by atomic mass is 10.1. The lowest BCUT2D eigenvalue weighted by Gasteiger charge is -2.29. The van der Waals surface area contributed by atoms with Gasteiger partial charge in [-0.25, -0.2) is 0 Å². The fourth-order valence-corrected chi connectivity index (χ4v) is 2.63. The van der Waals surface area contributed by atoms with Crippen molar-refractivity contribution < 1.29 is 4.79 Å². The molecule has 0 bridgehead atoms. The van der Waals surface area contributed by atoms with Crippen molar-refractivity contribution in [1.82, 2.24) is 9.80 Å². The van der Waals surface area contributed by atoms with Gasteiger partial charge in [0, 0.05) is 19.6 Å². The summed E-state index contributed by atoms with van der Waals surface area (Å²) in [6, 6.07) is -0.349. The third kappa shape index (κ3) is 8.12. The van der Waals surface area contributed by atoms with E-state index in [1.54, 1.807) is 11.8 Å². The van der Waals surface area contributed by atoms with E-state index in [1.807, 2.05) is 11.2 Å². The average Bonchev–Trinajstić information content (AvgIpc) is 2.43. The zero-order valence-corrected chi connectivity index (χ0v) is 14.7. The van der Waals surface area contributed by atoms with E-state index in [0.29, 0.717) is 5.92 Å². The summed E-state index contributed by atoms with van der Waals surface area (Å²) in [7, 11) is 0. The highest BCUT2D eigenvalue weighted by Gasteiger charge is 2.21. The number of carbonyl (C=O) groups excluding carboxylic acids is 1. The maximum Gasteiger partial charge on any atom is 0.239 e. The Morgan fingerprint density at radius 1 is 1.20 bits per heavy atom. The van der Waals surface area contributed by atoms with Crippen molar-refractivity contribution in [3.63, 3.8) is 0 Å². The molecular formula is C15H33N3OS. The van der Waals surface area contributed by atoms with Crippen LogP contribution in [0.4, 0.5) is 0 Å². The van der Waals surface area contributed by atoms with Crippen LogP contribution in [0.25, 0.3) is 0 Å². The molecule has 120 valence electrons. The minimum atomic E-state index is -0.349. The number of rotatable bonds is 11. The summed E-state index contributed by atoms with van der Waals surface area (Å²) in [5.41, 5.74) is 6.03. The first-order chi connectivity index (χ1) is 9.46. The van der Waals surface area contributed by atoms with Crippen molar-refractivity contribution in [2.45, 2.75) is 40.2 Å². The van der Waals surface area contributed by atoms with Gasteiger partial charge in [0.05, 0.1) is 6.04 Å². The molecule has 1 amide bonds. The van der Waals surface area contributed by atoms with Crippen molar-refractivity contribution in [3.05, 3.63) is 0 Å². The average molecular weight is 304 g/mol. The van der Waals surface area contributed by atoms with E-state index in [-0.39, 0.29) is 11.9 Å². The summed E-state index contributed by atoms with van der Waals surface area (Å²) in [6.45, 7) is 13.2. The molecule has 2 N–H and O–H groups in total. The number of nitrogens with zero attached hydrogens (tertiary/aromatic N) is 2. The van der Waals surface area contributed by atoms with Crippen LogP contribution in [0.5, 0.6) is 0 Å². The number of hydrogen-bond acceptors (Lipinski definition) is 4. The molecule has 1 atom stereocenters. The Labute approximate surface area is 129 Å². The highest BCUT2D eigenvalue weighted by atomic mass is 32.2. The summed E-state index contributed by atoms with van der Waals surface area (Å²) >= 11 is 1.74. The fraction of sp³-hybridized carbons (Fsp3) is 0.933. The number of amides is 1. The first kappa shape index (κ1) is 19.7. The van der Waals surface area contributed by atoms with E-state index in [9.17, 15) is 4.79 Å². The van der Waals surface area contributed by atoms with Gasteiger partial charge in [-0.2, -0.15) is 11.8 Å². The van der Waals surface area contributed by atoms with Crippen LogP contribution in [0.2, 0.25) is 0 Å². The lowest BCUT2D eigenvalue weighted by Crippen LogP contribution is -2.48. The molecule has 0 unspecified atom stereocenters. The van der Waals surface area contributed by atoms with Crippen LogP contribution in [0.3, 0.4) is 0 Å². The van der Waals surface area contributed by atoms with Crippen molar-refractivity contribution in [3.8, 4) is 0 Å². The molecule has 0 spiro atoms. The van der Waals surface area contributed by atoms with Gasteiger partial charge in [0.2, 0.25) is 5.91 Å².